The maximum Gasteiger partial charge on any atom is 0.158 e. The van der Waals surface area contributed by atoms with E-state index >= 15 is 0 Å². The third-order valence-electron chi connectivity index (χ3n) is 5.10. The van der Waals surface area contributed by atoms with Gasteiger partial charge in [0, 0.05) is 17.7 Å². The van der Waals surface area contributed by atoms with Crippen LogP contribution in [0.25, 0.3) is 11.1 Å². The summed E-state index contributed by atoms with van der Waals surface area (Å²) >= 11 is 0. The second-order valence-electron chi connectivity index (χ2n) is 8.34. The molecular weight excluding hydrogens is 411 g/mol. The van der Waals surface area contributed by atoms with Crippen molar-refractivity contribution in [1.29, 1.82) is 0 Å². The van der Waals surface area contributed by atoms with Crippen LogP contribution in [0.4, 0.5) is 4.39 Å². The highest BCUT2D eigenvalue weighted by molar-refractivity contribution is 5.72. The summed E-state index contributed by atoms with van der Waals surface area (Å²) < 4.78 is 43.4. The van der Waals surface area contributed by atoms with E-state index in [2.05, 4.69) is 5.92 Å². The number of hydrogen-bond acceptors (Lipinski definition) is 5. The molecule has 1 unspecified atom stereocenters. The van der Waals surface area contributed by atoms with Gasteiger partial charge < -0.3 is 23.7 Å². The van der Waals surface area contributed by atoms with Gasteiger partial charge in [0.1, 0.15) is 29.5 Å². The van der Waals surface area contributed by atoms with Crippen molar-refractivity contribution in [3.8, 4) is 35.0 Å². The van der Waals surface area contributed by atoms with Crippen LogP contribution < -0.4 is 9.47 Å². The summed E-state index contributed by atoms with van der Waals surface area (Å²) in [4.78, 5) is 0. The molecule has 0 saturated carbocycles. The van der Waals surface area contributed by atoms with Crippen LogP contribution in [0.1, 0.15) is 38.7 Å². The van der Waals surface area contributed by atoms with Gasteiger partial charge in [-0.2, -0.15) is 0 Å². The highest BCUT2D eigenvalue weighted by Crippen LogP contribution is 2.37. The first-order valence-electron chi connectivity index (χ1n) is 10.8. The first-order chi connectivity index (χ1) is 15.4. The van der Waals surface area contributed by atoms with Crippen LogP contribution in [-0.4, -0.2) is 38.8 Å². The van der Waals surface area contributed by atoms with E-state index in [4.69, 9.17) is 30.1 Å². The monoisotopic (exact) mass is 442 g/mol. The number of rotatable bonds is 10. The Kier molecular flexibility index (Phi) is 8.52. The molecule has 0 bridgehead atoms. The summed E-state index contributed by atoms with van der Waals surface area (Å²) in [5, 5.41) is 0. The van der Waals surface area contributed by atoms with E-state index in [0.717, 1.165) is 31.4 Å². The molecule has 5 nitrogen and oxygen atoms in total. The molecule has 2 aromatic carbocycles. The average molecular weight is 443 g/mol. The Morgan fingerprint density at radius 3 is 2.72 bits per heavy atom. The second kappa shape index (κ2) is 11.3. The topological polar surface area (TPSA) is 46.2 Å². The number of ether oxygens (including phenoxy) is 5. The number of methoxy groups -OCH3 is 1. The van der Waals surface area contributed by atoms with Crippen LogP contribution in [0, 0.1) is 18.2 Å². The van der Waals surface area contributed by atoms with Crippen LogP contribution in [0.3, 0.4) is 0 Å². The Morgan fingerprint density at radius 2 is 2.00 bits per heavy atom. The Labute approximate surface area is 189 Å². The summed E-state index contributed by atoms with van der Waals surface area (Å²) in [6.07, 6.45) is 8.12. The van der Waals surface area contributed by atoms with Gasteiger partial charge in [-0.1, -0.05) is 18.1 Å². The van der Waals surface area contributed by atoms with Crippen molar-refractivity contribution >= 4 is 0 Å². The van der Waals surface area contributed by atoms with Gasteiger partial charge >= 0.3 is 0 Å². The van der Waals surface area contributed by atoms with Gasteiger partial charge in [0.25, 0.3) is 0 Å². The second-order valence-corrected chi connectivity index (χ2v) is 8.34. The molecule has 0 aromatic heterocycles. The number of hydrogen-bond donors (Lipinski definition) is 0. The molecule has 0 radical (unpaired) electrons. The molecule has 2 aromatic rings. The smallest absolute Gasteiger partial charge is 0.158 e. The van der Waals surface area contributed by atoms with E-state index in [1.807, 2.05) is 32.0 Å². The summed E-state index contributed by atoms with van der Waals surface area (Å²) in [6.45, 7) is 5.37. The van der Waals surface area contributed by atoms with Crippen molar-refractivity contribution in [2.45, 2.75) is 51.6 Å². The third kappa shape index (κ3) is 6.70. The fourth-order valence-corrected chi connectivity index (χ4v) is 3.52. The van der Waals surface area contributed by atoms with Gasteiger partial charge in [0.2, 0.25) is 0 Å². The average Bonchev–Trinajstić information content (AvgIpc) is 2.79. The Balaban J connectivity index is 1.88. The van der Waals surface area contributed by atoms with Crippen LogP contribution in [0.2, 0.25) is 0 Å². The van der Waals surface area contributed by atoms with Crippen molar-refractivity contribution in [3.63, 3.8) is 0 Å². The molecule has 0 N–H and O–H groups in total. The Hall–Kier alpha value is -2.59. The van der Waals surface area contributed by atoms with E-state index in [-0.39, 0.29) is 25.3 Å². The Morgan fingerprint density at radius 1 is 1.16 bits per heavy atom. The third-order valence-corrected chi connectivity index (χ3v) is 5.10. The molecule has 0 spiro atoms. The Bertz CT molecular complexity index is 928. The minimum absolute atomic E-state index is 0.194. The van der Waals surface area contributed by atoms with E-state index in [1.54, 1.807) is 19.2 Å². The van der Waals surface area contributed by atoms with Gasteiger partial charge in [0.05, 0.1) is 20.3 Å². The summed E-state index contributed by atoms with van der Waals surface area (Å²) in [5.41, 5.74) is 1.22. The maximum absolute atomic E-state index is 14.7. The van der Waals surface area contributed by atoms with Gasteiger partial charge in [-0.3, -0.25) is 0 Å². The lowest BCUT2D eigenvalue weighted by molar-refractivity contribution is -0.168. The van der Waals surface area contributed by atoms with E-state index < -0.39 is 5.60 Å². The van der Waals surface area contributed by atoms with Gasteiger partial charge in [0.15, 0.2) is 6.29 Å². The molecule has 3 rings (SSSR count). The summed E-state index contributed by atoms with van der Waals surface area (Å²) in [7, 11) is 1.55. The minimum Gasteiger partial charge on any atom is -0.497 e. The molecule has 1 aliphatic rings. The molecule has 0 amide bonds. The van der Waals surface area contributed by atoms with E-state index in [1.165, 1.54) is 6.07 Å². The fourth-order valence-electron chi connectivity index (χ4n) is 3.52. The highest BCUT2D eigenvalue weighted by atomic mass is 19.1. The van der Waals surface area contributed by atoms with E-state index in [0.29, 0.717) is 29.2 Å². The molecule has 0 aliphatic carbocycles. The van der Waals surface area contributed by atoms with Gasteiger partial charge in [-0.15, -0.1) is 6.42 Å². The van der Waals surface area contributed by atoms with Crippen molar-refractivity contribution in [2.24, 2.45) is 0 Å². The van der Waals surface area contributed by atoms with Crippen molar-refractivity contribution < 1.29 is 28.1 Å². The molecule has 1 atom stereocenters. The SMILES string of the molecule is C#CCOCC(C)(C)Oc1cc(COC2CCCCO2)ccc1-c1cc(OC)ccc1F. The van der Waals surface area contributed by atoms with Crippen LogP contribution in [0.5, 0.6) is 11.5 Å². The molecular formula is C26H31FO5. The first kappa shape index (κ1) is 24.1. The first-order valence-corrected chi connectivity index (χ1v) is 10.8. The standard InChI is InChI=1S/C26H31FO5/c1-5-13-29-18-26(2,3)32-24-15-19(17-31-25-8-6-7-14-30-25)9-11-21(24)22-16-20(28-4)10-12-23(22)27/h1,9-12,15-16,25H,6-8,13-14,17-18H2,2-4H3. The maximum atomic E-state index is 14.7. The molecule has 172 valence electrons. The van der Waals surface area contributed by atoms with E-state index in [9.17, 15) is 4.39 Å². The van der Waals surface area contributed by atoms with Gasteiger partial charge in [-0.25, -0.2) is 4.39 Å². The van der Waals surface area contributed by atoms with Crippen LogP contribution in [0.15, 0.2) is 36.4 Å². The zero-order chi connectivity index (χ0) is 23.0. The van der Waals surface area contributed by atoms with Crippen molar-refractivity contribution in [3.05, 3.63) is 47.8 Å². The lowest BCUT2D eigenvalue weighted by Gasteiger charge is -2.28. The minimum atomic E-state index is -0.688. The molecule has 32 heavy (non-hydrogen) atoms. The van der Waals surface area contributed by atoms with Crippen LogP contribution >= 0.6 is 0 Å². The lowest BCUT2D eigenvalue weighted by Crippen LogP contribution is -2.34. The fraction of sp³-hybridized carbons (Fsp3) is 0.462. The zero-order valence-corrected chi connectivity index (χ0v) is 19.0. The quantitative estimate of drug-likeness (QED) is 0.367. The lowest BCUT2D eigenvalue weighted by atomic mass is 10.0. The molecule has 1 aliphatic heterocycles. The zero-order valence-electron chi connectivity index (χ0n) is 19.0. The molecule has 1 saturated heterocycles. The predicted molar refractivity (Wildman–Crippen MR) is 121 cm³/mol. The number of benzene rings is 2. The molecule has 1 fully saturated rings. The predicted octanol–water partition coefficient (Wildman–Crippen LogP) is 5.35. The van der Waals surface area contributed by atoms with Crippen molar-refractivity contribution in [1.82, 2.24) is 0 Å². The molecule has 6 heteroatoms. The highest BCUT2D eigenvalue weighted by Gasteiger charge is 2.24. The summed E-state index contributed by atoms with van der Waals surface area (Å²) in [5.74, 6) is 3.17. The number of terminal acetylenes is 1. The normalized spacial score (nSPS) is 16.4. The molecule has 1 heterocycles. The largest absolute Gasteiger partial charge is 0.497 e. The summed E-state index contributed by atoms with van der Waals surface area (Å²) in [6, 6.07) is 10.3. The van der Waals surface area contributed by atoms with Gasteiger partial charge in [-0.05, 0) is 62.9 Å². The van der Waals surface area contributed by atoms with Crippen LogP contribution in [-0.2, 0) is 20.8 Å². The van der Waals surface area contributed by atoms with Crippen molar-refractivity contribution in [2.75, 3.05) is 26.9 Å². The number of halogens is 1.